The van der Waals surface area contributed by atoms with E-state index >= 15 is 0 Å². The molecule has 0 aliphatic rings. The van der Waals surface area contributed by atoms with Crippen molar-refractivity contribution in [2.24, 2.45) is 0 Å². The van der Waals surface area contributed by atoms with E-state index in [0.29, 0.717) is 0 Å². The molecule has 0 fully saturated rings. The first kappa shape index (κ1) is 8.63. The maximum absolute atomic E-state index is 5.13. The largest absolute Gasteiger partial charge is 0.465 e. The first-order valence-electron chi connectivity index (χ1n) is 4.37. The van der Waals surface area contributed by atoms with Crippen LogP contribution in [0.1, 0.15) is 11.5 Å². The maximum atomic E-state index is 5.13. The Balaban J connectivity index is 1.94. The standard InChI is InChI=1S/C12H10O2/c1(5-11-7-3-9-13-11)2-6-12-8-4-10-14-12/h1-10H/b5-1+,6-2+. The van der Waals surface area contributed by atoms with Crippen LogP contribution < -0.4 is 0 Å². The summed E-state index contributed by atoms with van der Waals surface area (Å²) in [6, 6.07) is 7.51. The Bertz CT molecular complexity index is 363. The van der Waals surface area contributed by atoms with E-state index in [1.165, 1.54) is 0 Å². The van der Waals surface area contributed by atoms with Crippen molar-refractivity contribution in [2.45, 2.75) is 0 Å². The SMILES string of the molecule is C(/C=C/c1ccco1)=C\c1ccco1. The minimum absolute atomic E-state index is 0.842. The fourth-order valence-electron chi connectivity index (χ4n) is 1.07. The van der Waals surface area contributed by atoms with Crippen LogP contribution in [0.15, 0.2) is 57.8 Å². The molecule has 0 aliphatic carbocycles. The molecule has 2 nitrogen and oxygen atoms in total. The third-order valence-electron chi connectivity index (χ3n) is 1.72. The Morgan fingerprint density at radius 1 is 0.786 bits per heavy atom. The van der Waals surface area contributed by atoms with Gasteiger partial charge in [0.2, 0.25) is 0 Å². The Morgan fingerprint density at radius 3 is 1.64 bits per heavy atom. The lowest BCUT2D eigenvalue weighted by Crippen LogP contribution is -1.59. The second-order valence-electron chi connectivity index (χ2n) is 2.75. The molecule has 0 atom stereocenters. The highest BCUT2D eigenvalue weighted by molar-refractivity contribution is 5.51. The van der Waals surface area contributed by atoms with E-state index in [1.807, 2.05) is 48.6 Å². The van der Waals surface area contributed by atoms with Crippen LogP contribution in [-0.2, 0) is 0 Å². The molecule has 2 aromatic rings. The van der Waals surface area contributed by atoms with Gasteiger partial charge in [0.15, 0.2) is 0 Å². The smallest absolute Gasteiger partial charge is 0.126 e. The normalized spacial score (nSPS) is 11.7. The Labute approximate surface area is 82.2 Å². The Hall–Kier alpha value is -1.96. The monoisotopic (exact) mass is 186 g/mol. The van der Waals surface area contributed by atoms with E-state index in [9.17, 15) is 0 Å². The number of hydrogen-bond acceptors (Lipinski definition) is 2. The zero-order valence-corrected chi connectivity index (χ0v) is 7.59. The lowest BCUT2D eigenvalue weighted by molar-refractivity contribution is 0.556. The van der Waals surface area contributed by atoms with Crippen molar-refractivity contribution in [1.29, 1.82) is 0 Å². The third-order valence-corrected chi connectivity index (χ3v) is 1.72. The summed E-state index contributed by atoms with van der Waals surface area (Å²) in [5.74, 6) is 1.68. The molecule has 0 bridgehead atoms. The van der Waals surface area contributed by atoms with Crippen LogP contribution in [0.5, 0.6) is 0 Å². The molecule has 0 radical (unpaired) electrons. The maximum Gasteiger partial charge on any atom is 0.126 e. The third kappa shape index (κ3) is 2.26. The molecule has 0 saturated heterocycles. The Morgan fingerprint density at radius 2 is 1.29 bits per heavy atom. The quantitative estimate of drug-likeness (QED) is 0.684. The van der Waals surface area contributed by atoms with Crippen LogP contribution in [0, 0.1) is 0 Å². The van der Waals surface area contributed by atoms with E-state index in [-0.39, 0.29) is 0 Å². The summed E-state index contributed by atoms with van der Waals surface area (Å²) in [4.78, 5) is 0. The second-order valence-corrected chi connectivity index (χ2v) is 2.75. The molecule has 0 saturated carbocycles. The molecular formula is C12H10O2. The molecule has 2 aromatic heterocycles. The number of rotatable bonds is 3. The van der Waals surface area contributed by atoms with Gasteiger partial charge in [0.1, 0.15) is 11.5 Å². The molecule has 0 aliphatic heterocycles. The van der Waals surface area contributed by atoms with Gasteiger partial charge in [0.05, 0.1) is 12.5 Å². The predicted molar refractivity (Wildman–Crippen MR) is 55.5 cm³/mol. The molecule has 70 valence electrons. The van der Waals surface area contributed by atoms with Gasteiger partial charge in [-0.2, -0.15) is 0 Å². The molecule has 2 heteroatoms. The van der Waals surface area contributed by atoms with Crippen molar-refractivity contribution < 1.29 is 8.83 Å². The molecule has 0 aromatic carbocycles. The highest BCUT2D eigenvalue weighted by atomic mass is 16.3. The molecule has 0 unspecified atom stereocenters. The lowest BCUT2D eigenvalue weighted by Gasteiger charge is -1.81. The molecule has 0 amide bonds. The number of furan rings is 2. The zero-order valence-electron chi connectivity index (χ0n) is 7.59. The second kappa shape index (κ2) is 4.33. The first-order valence-corrected chi connectivity index (χ1v) is 4.37. The summed E-state index contributed by atoms with van der Waals surface area (Å²) in [6.07, 6.45) is 10.9. The van der Waals surface area contributed by atoms with E-state index < -0.39 is 0 Å². The summed E-state index contributed by atoms with van der Waals surface area (Å²) >= 11 is 0. The number of hydrogen-bond donors (Lipinski definition) is 0. The van der Waals surface area contributed by atoms with Crippen molar-refractivity contribution in [3.8, 4) is 0 Å². The van der Waals surface area contributed by atoms with Gasteiger partial charge in [0.25, 0.3) is 0 Å². The average molecular weight is 186 g/mol. The molecular weight excluding hydrogens is 176 g/mol. The van der Waals surface area contributed by atoms with Gasteiger partial charge in [-0.25, -0.2) is 0 Å². The highest BCUT2D eigenvalue weighted by Gasteiger charge is 1.86. The van der Waals surface area contributed by atoms with Crippen LogP contribution in [0.2, 0.25) is 0 Å². The van der Waals surface area contributed by atoms with Gasteiger partial charge in [-0.1, -0.05) is 12.2 Å². The fourth-order valence-corrected chi connectivity index (χ4v) is 1.07. The van der Waals surface area contributed by atoms with E-state index in [1.54, 1.807) is 12.5 Å². The summed E-state index contributed by atoms with van der Waals surface area (Å²) in [5.41, 5.74) is 0. The summed E-state index contributed by atoms with van der Waals surface area (Å²) in [5, 5.41) is 0. The molecule has 0 N–H and O–H groups in total. The van der Waals surface area contributed by atoms with Gasteiger partial charge in [-0.05, 0) is 36.4 Å². The van der Waals surface area contributed by atoms with Gasteiger partial charge in [-0.15, -0.1) is 0 Å². The fraction of sp³-hybridized carbons (Fsp3) is 0. The minimum atomic E-state index is 0.842. The van der Waals surface area contributed by atoms with Crippen molar-refractivity contribution in [1.82, 2.24) is 0 Å². The predicted octanol–water partition coefficient (Wildman–Crippen LogP) is 3.60. The topological polar surface area (TPSA) is 26.3 Å². The van der Waals surface area contributed by atoms with Crippen LogP contribution in [0.25, 0.3) is 12.2 Å². The highest BCUT2D eigenvalue weighted by Crippen LogP contribution is 2.04. The van der Waals surface area contributed by atoms with Gasteiger partial charge in [-0.3, -0.25) is 0 Å². The van der Waals surface area contributed by atoms with Crippen molar-refractivity contribution in [2.75, 3.05) is 0 Å². The van der Waals surface area contributed by atoms with Gasteiger partial charge < -0.3 is 8.83 Å². The van der Waals surface area contributed by atoms with E-state index in [0.717, 1.165) is 11.5 Å². The van der Waals surface area contributed by atoms with Gasteiger partial charge in [0, 0.05) is 0 Å². The Kier molecular flexibility index (Phi) is 2.67. The van der Waals surface area contributed by atoms with Crippen LogP contribution in [0.3, 0.4) is 0 Å². The summed E-state index contributed by atoms with van der Waals surface area (Å²) in [6.45, 7) is 0. The van der Waals surface area contributed by atoms with Crippen LogP contribution in [0.4, 0.5) is 0 Å². The van der Waals surface area contributed by atoms with Crippen molar-refractivity contribution in [3.63, 3.8) is 0 Å². The summed E-state index contributed by atoms with van der Waals surface area (Å²) < 4.78 is 10.3. The molecule has 2 heterocycles. The molecule has 14 heavy (non-hydrogen) atoms. The van der Waals surface area contributed by atoms with Crippen LogP contribution >= 0.6 is 0 Å². The minimum Gasteiger partial charge on any atom is -0.465 e. The molecule has 0 spiro atoms. The average Bonchev–Trinajstić information content (AvgIpc) is 2.86. The van der Waals surface area contributed by atoms with Gasteiger partial charge >= 0.3 is 0 Å². The first-order chi connectivity index (χ1) is 6.95. The lowest BCUT2D eigenvalue weighted by atomic mass is 10.3. The van der Waals surface area contributed by atoms with Crippen LogP contribution in [-0.4, -0.2) is 0 Å². The zero-order chi connectivity index (χ0) is 9.64. The molecule has 2 rings (SSSR count). The van der Waals surface area contributed by atoms with Crippen molar-refractivity contribution in [3.05, 3.63) is 60.5 Å². The number of allylic oxidation sites excluding steroid dienone is 2. The van der Waals surface area contributed by atoms with E-state index in [2.05, 4.69) is 0 Å². The van der Waals surface area contributed by atoms with Crippen molar-refractivity contribution >= 4 is 12.2 Å². The van der Waals surface area contributed by atoms with E-state index in [4.69, 9.17) is 8.83 Å². The summed E-state index contributed by atoms with van der Waals surface area (Å²) in [7, 11) is 0.